The highest BCUT2D eigenvalue weighted by molar-refractivity contribution is 7.92. The van der Waals surface area contributed by atoms with Gasteiger partial charge in [-0.1, -0.05) is 52.5 Å². The number of carbonyl (C=O) groups excluding carboxylic acids is 1. The number of sulfonamides is 1. The lowest BCUT2D eigenvalue weighted by Gasteiger charge is -2.17. The summed E-state index contributed by atoms with van der Waals surface area (Å²) in [5.74, 6) is -1.35. The number of nitrogens with one attached hydrogen (secondary N) is 1. The highest BCUT2D eigenvalue weighted by Crippen LogP contribution is 2.37. The van der Waals surface area contributed by atoms with E-state index in [4.69, 9.17) is 46.4 Å². The molecule has 0 spiro atoms. The van der Waals surface area contributed by atoms with Crippen LogP contribution in [0, 0.1) is 5.82 Å². The summed E-state index contributed by atoms with van der Waals surface area (Å²) in [6.45, 7) is 0.425. The van der Waals surface area contributed by atoms with Crippen molar-refractivity contribution >= 4 is 90.6 Å². The van der Waals surface area contributed by atoms with E-state index in [-0.39, 0.29) is 13.6 Å². The number of aromatic nitrogens is 1. The quantitative estimate of drug-likeness (QED) is 0.220. The number of aryl methyl sites for hydroxylation is 1. The van der Waals surface area contributed by atoms with E-state index >= 15 is 0 Å². The van der Waals surface area contributed by atoms with Gasteiger partial charge in [-0.15, -0.1) is 11.3 Å². The molecule has 2 aromatic carbocycles. The van der Waals surface area contributed by atoms with Crippen LogP contribution in [0.2, 0.25) is 19.4 Å². The predicted octanol–water partition coefficient (Wildman–Crippen LogP) is 7.90. The number of halogens is 5. The molecule has 12 heteroatoms. The van der Waals surface area contributed by atoms with Gasteiger partial charge in [0.1, 0.15) is 14.4 Å². The van der Waals surface area contributed by atoms with E-state index in [1.165, 1.54) is 24.3 Å². The van der Waals surface area contributed by atoms with Crippen LogP contribution in [-0.4, -0.2) is 18.9 Å². The Morgan fingerprint density at radius 2 is 1.82 bits per heavy atom. The van der Waals surface area contributed by atoms with E-state index in [0.29, 0.717) is 22.2 Å². The van der Waals surface area contributed by atoms with Crippen LogP contribution >= 0.6 is 57.7 Å². The third-order valence-corrected chi connectivity index (χ3v) is 10.6. The van der Waals surface area contributed by atoms with Gasteiger partial charge in [-0.2, -0.15) is 0 Å². The van der Waals surface area contributed by atoms with Gasteiger partial charge in [0.2, 0.25) is 0 Å². The van der Waals surface area contributed by atoms with Crippen LogP contribution in [0.3, 0.4) is 0 Å². The lowest BCUT2D eigenvalue weighted by molar-refractivity contribution is -0.114. The molecule has 38 heavy (non-hydrogen) atoms. The van der Waals surface area contributed by atoms with Crippen molar-refractivity contribution in [1.82, 2.24) is 9.29 Å². The van der Waals surface area contributed by atoms with E-state index in [1.54, 1.807) is 12.1 Å². The van der Waals surface area contributed by atoms with E-state index in [1.807, 2.05) is 10.8 Å². The van der Waals surface area contributed by atoms with E-state index in [9.17, 15) is 17.6 Å². The molecular weight excluding hydrogens is 613 g/mol. The molecule has 0 radical (unpaired) electrons. The molecule has 0 bridgehead atoms. The second-order valence-corrected chi connectivity index (χ2v) is 13.6. The lowest BCUT2D eigenvalue weighted by Crippen LogP contribution is -2.28. The first kappa shape index (κ1) is 27.5. The summed E-state index contributed by atoms with van der Waals surface area (Å²) in [6, 6.07) is 9.29. The van der Waals surface area contributed by atoms with Crippen molar-refractivity contribution in [1.29, 1.82) is 0 Å². The van der Waals surface area contributed by atoms with Crippen molar-refractivity contribution in [2.45, 2.75) is 36.4 Å². The zero-order valence-electron chi connectivity index (χ0n) is 19.5. The molecule has 0 atom stereocenters. The molecule has 0 fully saturated rings. The smallest absolute Gasteiger partial charge is 0.273 e. The number of hydrogen-bond acceptors (Lipinski definition) is 4. The Morgan fingerprint density at radius 1 is 1.05 bits per heavy atom. The fraction of sp³-hybridized carbons (Fsp3) is 0.192. The molecule has 198 valence electrons. The molecule has 1 aliphatic carbocycles. The summed E-state index contributed by atoms with van der Waals surface area (Å²) < 4.78 is 43.9. The average Bonchev–Trinajstić information content (AvgIpc) is 3.36. The molecule has 0 aliphatic heterocycles. The summed E-state index contributed by atoms with van der Waals surface area (Å²) in [5.41, 5.74) is 4.19. The minimum atomic E-state index is -4.18. The summed E-state index contributed by atoms with van der Waals surface area (Å²) in [4.78, 5) is 12.6. The van der Waals surface area contributed by atoms with Crippen LogP contribution in [0.5, 0.6) is 0 Å². The van der Waals surface area contributed by atoms with E-state index in [2.05, 4.69) is 4.57 Å². The monoisotopic (exact) mass is 630 g/mol. The number of benzene rings is 2. The molecule has 1 N–H and O–H groups in total. The first-order valence-corrected chi connectivity index (χ1v) is 15.3. The van der Waals surface area contributed by atoms with Crippen molar-refractivity contribution in [3.05, 3.63) is 90.1 Å². The zero-order chi connectivity index (χ0) is 27.2. The van der Waals surface area contributed by atoms with Crippen molar-refractivity contribution in [3.8, 4) is 0 Å². The Kier molecular flexibility index (Phi) is 7.84. The summed E-state index contributed by atoms with van der Waals surface area (Å²) in [5, 5.41) is 1.88. The normalized spacial score (nSPS) is 13.8. The minimum absolute atomic E-state index is 0.0766. The molecule has 2 aromatic heterocycles. The fourth-order valence-electron chi connectivity index (χ4n) is 4.73. The van der Waals surface area contributed by atoms with Crippen LogP contribution in [0.25, 0.3) is 17.0 Å². The third-order valence-electron chi connectivity index (χ3n) is 6.34. The molecule has 5 rings (SSSR count). The average molecular weight is 632 g/mol. The molecule has 0 saturated heterocycles. The van der Waals surface area contributed by atoms with Gasteiger partial charge in [-0.05, 0) is 73.2 Å². The van der Waals surface area contributed by atoms with Gasteiger partial charge in [0.15, 0.2) is 0 Å². The standard InChI is InChI=1S/C26H19Cl4FN2O3S2/c27-16-7-5-15(20(28)10-16)13-33-22-4-2-1-3-18(22)19-11-17(31)9-14(25(19)33)6-8-23(34)32-38(35,36)24-12-21(29)26(30)37-24/h5-12H,1-4,13H2,(H,32,34)/b8-6+. The Morgan fingerprint density at radius 3 is 2.53 bits per heavy atom. The molecule has 0 saturated carbocycles. The maximum atomic E-state index is 14.8. The SMILES string of the molecule is O=C(/C=C/c1cc(F)cc2c3c(n(Cc4ccc(Cl)cc4Cl)c12)CCCC3)NS(=O)(=O)c1cc(Cl)c(Cl)s1. The number of nitrogens with zero attached hydrogens (tertiary/aromatic N) is 1. The van der Waals surface area contributed by atoms with Crippen LogP contribution in [0.1, 0.15) is 35.2 Å². The molecule has 5 nitrogen and oxygen atoms in total. The topological polar surface area (TPSA) is 68.2 Å². The van der Waals surface area contributed by atoms with Gasteiger partial charge in [-0.3, -0.25) is 4.79 Å². The minimum Gasteiger partial charge on any atom is -0.339 e. The van der Waals surface area contributed by atoms with Gasteiger partial charge >= 0.3 is 0 Å². The first-order valence-electron chi connectivity index (χ1n) is 11.5. The predicted molar refractivity (Wildman–Crippen MR) is 153 cm³/mol. The van der Waals surface area contributed by atoms with E-state index < -0.39 is 21.7 Å². The van der Waals surface area contributed by atoms with Crippen molar-refractivity contribution in [3.63, 3.8) is 0 Å². The largest absolute Gasteiger partial charge is 0.339 e. The number of thiophene rings is 1. The number of fused-ring (bicyclic) bond motifs is 3. The van der Waals surface area contributed by atoms with Crippen molar-refractivity contribution < 1.29 is 17.6 Å². The van der Waals surface area contributed by atoms with Gasteiger partial charge in [0.25, 0.3) is 15.9 Å². The fourth-order valence-corrected chi connectivity index (χ4v) is 8.02. The Hall–Kier alpha value is -2.07. The lowest BCUT2D eigenvalue weighted by atomic mass is 9.95. The summed E-state index contributed by atoms with van der Waals surface area (Å²) in [6.07, 6.45) is 6.11. The van der Waals surface area contributed by atoms with Crippen LogP contribution in [0.4, 0.5) is 4.39 Å². The Balaban J connectivity index is 1.55. The van der Waals surface area contributed by atoms with Gasteiger partial charge in [0, 0.05) is 39.3 Å². The Labute approximate surface area is 242 Å². The second kappa shape index (κ2) is 10.8. The molecule has 1 amide bonds. The maximum absolute atomic E-state index is 14.8. The third kappa shape index (κ3) is 5.48. The number of hydrogen-bond donors (Lipinski definition) is 1. The zero-order valence-corrected chi connectivity index (χ0v) is 24.2. The number of amides is 1. The molecule has 1 aliphatic rings. The highest BCUT2D eigenvalue weighted by Gasteiger charge is 2.24. The van der Waals surface area contributed by atoms with Gasteiger partial charge in [0.05, 0.1) is 10.5 Å². The van der Waals surface area contributed by atoms with Crippen molar-refractivity contribution in [2.24, 2.45) is 0 Å². The van der Waals surface area contributed by atoms with Crippen LogP contribution in [0.15, 0.2) is 46.7 Å². The molecule has 0 unspecified atom stereocenters. The number of rotatable bonds is 6. The Bertz CT molecular complexity index is 1710. The summed E-state index contributed by atoms with van der Waals surface area (Å²) in [7, 11) is -4.18. The second-order valence-electron chi connectivity index (χ2n) is 8.84. The number of carbonyl (C=O) groups is 1. The summed E-state index contributed by atoms with van der Waals surface area (Å²) >= 11 is 25.0. The van der Waals surface area contributed by atoms with Crippen molar-refractivity contribution in [2.75, 3.05) is 0 Å². The van der Waals surface area contributed by atoms with Gasteiger partial charge < -0.3 is 4.57 Å². The van der Waals surface area contributed by atoms with E-state index in [0.717, 1.165) is 70.8 Å². The maximum Gasteiger partial charge on any atom is 0.273 e. The van der Waals surface area contributed by atoms with Gasteiger partial charge in [-0.25, -0.2) is 17.5 Å². The molecule has 4 aromatic rings. The van der Waals surface area contributed by atoms with Crippen LogP contribution in [-0.2, 0) is 34.2 Å². The molecular formula is C26H19Cl4FN2O3S2. The molecule has 2 heterocycles. The van der Waals surface area contributed by atoms with Crippen LogP contribution < -0.4 is 4.72 Å². The first-order chi connectivity index (χ1) is 18.0. The highest BCUT2D eigenvalue weighted by atomic mass is 35.5.